The van der Waals surface area contributed by atoms with Gasteiger partial charge in [0.25, 0.3) is 0 Å². The van der Waals surface area contributed by atoms with Gasteiger partial charge in [-0.25, -0.2) is 0 Å². The van der Waals surface area contributed by atoms with E-state index in [1.807, 2.05) is 6.20 Å². The number of benzene rings is 1. The summed E-state index contributed by atoms with van der Waals surface area (Å²) in [5, 5.41) is 10.6. The summed E-state index contributed by atoms with van der Waals surface area (Å²) in [7, 11) is 0. The average Bonchev–Trinajstić information content (AvgIpc) is 2.75. The molecule has 0 radical (unpaired) electrons. The number of aromatic nitrogens is 2. The summed E-state index contributed by atoms with van der Waals surface area (Å²) >= 11 is 0. The van der Waals surface area contributed by atoms with Crippen molar-refractivity contribution in [2.45, 2.75) is 45.2 Å². The third-order valence-electron chi connectivity index (χ3n) is 4.20. The molecule has 2 N–H and O–H groups in total. The Morgan fingerprint density at radius 3 is 2.58 bits per heavy atom. The number of hydrogen-bond donors (Lipinski definition) is 2. The molecule has 0 bridgehead atoms. The molecule has 19 heavy (non-hydrogen) atoms. The lowest BCUT2D eigenvalue weighted by atomic mass is 9.75. The fraction of sp³-hybridized carbons (Fsp3) is 0.438. The van der Waals surface area contributed by atoms with Crippen molar-refractivity contribution in [3.8, 4) is 0 Å². The zero-order valence-corrected chi connectivity index (χ0v) is 11.6. The lowest BCUT2D eigenvalue weighted by Gasteiger charge is -2.36. The average molecular weight is 255 g/mol. The monoisotopic (exact) mass is 255 g/mol. The molecule has 0 atom stereocenters. The van der Waals surface area contributed by atoms with E-state index in [1.54, 1.807) is 0 Å². The topological polar surface area (TPSA) is 40.7 Å². The van der Waals surface area contributed by atoms with E-state index < -0.39 is 0 Å². The van der Waals surface area contributed by atoms with Gasteiger partial charge in [0, 0.05) is 23.8 Å². The molecule has 0 amide bonds. The maximum atomic E-state index is 4.05. The van der Waals surface area contributed by atoms with Crippen molar-refractivity contribution in [3.63, 3.8) is 0 Å². The van der Waals surface area contributed by atoms with Crippen molar-refractivity contribution < 1.29 is 0 Å². The van der Waals surface area contributed by atoms with E-state index in [1.165, 1.54) is 35.2 Å². The van der Waals surface area contributed by atoms with Crippen LogP contribution in [0.5, 0.6) is 0 Å². The maximum Gasteiger partial charge on any atom is 0.0535 e. The lowest BCUT2D eigenvalue weighted by Crippen LogP contribution is -2.39. The Balaban J connectivity index is 1.48. The first-order chi connectivity index (χ1) is 9.22. The predicted molar refractivity (Wildman–Crippen MR) is 77.1 cm³/mol. The van der Waals surface area contributed by atoms with Gasteiger partial charge in [0.2, 0.25) is 0 Å². The Morgan fingerprint density at radius 2 is 1.95 bits per heavy atom. The highest BCUT2D eigenvalue weighted by atomic mass is 15.1. The second kappa shape index (κ2) is 5.17. The van der Waals surface area contributed by atoms with Crippen molar-refractivity contribution in [1.29, 1.82) is 0 Å². The number of nitrogens with one attached hydrogen (secondary N) is 2. The Kier molecular flexibility index (Phi) is 3.38. The van der Waals surface area contributed by atoms with Crippen LogP contribution in [-0.2, 0) is 6.54 Å². The quantitative estimate of drug-likeness (QED) is 0.881. The molecule has 0 saturated heterocycles. The van der Waals surface area contributed by atoms with E-state index in [2.05, 4.69) is 53.6 Å². The minimum atomic E-state index is 0.653. The van der Waals surface area contributed by atoms with Crippen LogP contribution in [0.2, 0.25) is 0 Å². The van der Waals surface area contributed by atoms with Gasteiger partial charge in [-0.2, -0.15) is 5.10 Å². The molecule has 3 heteroatoms. The van der Waals surface area contributed by atoms with Crippen molar-refractivity contribution in [2.24, 2.45) is 0 Å². The van der Waals surface area contributed by atoms with Crippen molar-refractivity contribution in [3.05, 3.63) is 52.8 Å². The van der Waals surface area contributed by atoms with E-state index in [9.17, 15) is 0 Å². The molecule has 1 aliphatic carbocycles. The zero-order chi connectivity index (χ0) is 13.2. The second-order valence-electron chi connectivity index (χ2n) is 5.68. The molecular formula is C16H21N3. The lowest BCUT2D eigenvalue weighted by molar-refractivity contribution is 0.289. The van der Waals surface area contributed by atoms with Crippen molar-refractivity contribution >= 4 is 0 Å². The fourth-order valence-electron chi connectivity index (χ4n) is 2.70. The van der Waals surface area contributed by atoms with Gasteiger partial charge in [-0.1, -0.05) is 29.8 Å². The Morgan fingerprint density at radius 1 is 1.21 bits per heavy atom. The standard InChI is InChI=1S/C16H21N3/c1-11-3-5-13(6-4-11)14-7-16(8-14)17-9-15-10-18-19-12(15)2/h3-6,10,14,16-17H,7-9H2,1-2H3,(H,18,19). The number of hydrogen-bond acceptors (Lipinski definition) is 2. The van der Waals surface area contributed by atoms with Crippen molar-refractivity contribution in [2.75, 3.05) is 0 Å². The van der Waals surface area contributed by atoms with Crippen LogP contribution in [0.15, 0.2) is 30.5 Å². The Hall–Kier alpha value is -1.61. The van der Waals surface area contributed by atoms with Gasteiger partial charge in [-0.3, -0.25) is 5.10 Å². The summed E-state index contributed by atoms with van der Waals surface area (Å²) in [6, 6.07) is 9.63. The normalized spacial score (nSPS) is 22.2. The fourth-order valence-corrected chi connectivity index (χ4v) is 2.70. The van der Waals surface area contributed by atoms with Crippen LogP contribution in [-0.4, -0.2) is 16.2 Å². The highest BCUT2D eigenvalue weighted by molar-refractivity contribution is 5.27. The van der Waals surface area contributed by atoms with Gasteiger partial charge >= 0.3 is 0 Å². The molecule has 1 saturated carbocycles. The van der Waals surface area contributed by atoms with E-state index in [4.69, 9.17) is 0 Å². The summed E-state index contributed by atoms with van der Waals surface area (Å²) in [5.74, 6) is 0.739. The first-order valence-electron chi connectivity index (χ1n) is 7.01. The SMILES string of the molecule is Cc1ccc(C2CC(NCc3cn[nH]c3C)C2)cc1. The molecule has 1 fully saturated rings. The van der Waals surface area contributed by atoms with E-state index in [0.29, 0.717) is 6.04 Å². The zero-order valence-electron chi connectivity index (χ0n) is 11.6. The number of aromatic amines is 1. The summed E-state index contributed by atoms with van der Waals surface area (Å²) in [6.07, 6.45) is 4.42. The van der Waals surface area contributed by atoms with Crippen LogP contribution in [0.4, 0.5) is 0 Å². The molecule has 0 spiro atoms. The van der Waals surface area contributed by atoms with Crippen LogP contribution < -0.4 is 5.32 Å². The summed E-state index contributed by atoms with van der Waals surface area (Å²) in [6.45, 7) is 5.13. The molecular weight excluding hydrogens is 234 g/mol. The summed E-state index contributed by atoms with van der Waals surface area (Å²) in [4.78, 5) is 0. The molecule has 1 heterocycles. The highest BCUT2D eigenvalue weighted by Gasteiger charge is 2.29. The second-order valence-corrected chi connectivity index (χ2v) is 5.68. The number of nitrogens with zero attached hydrogens (tertiary/aromatic N) is 1. The first kappa shape index (κ1) is 12.4. The molecule has 0 unspecified atom stereocenters. The van der Waals surface area contributed by atoms with E-state index in [0.717, 1.165) is 12.5 Å². The maximum absolute atomic E-state index is 4.05. The van der Waals surface area contributed by atoms with Crippen molar-refractivity contribution in [1.82, 2.24) is 15.5 Å². The van der Waals surface area contributed by atoms with Gasteiger partial charge in [-0.15, -0.1) is 0 Å². The summed E-state index contributed by atoms with van der Waals surface area (Å²) < 4.78 is 0. The number of H-pyrrole nitrogens is 1. The van der Waals surface area contributed by atoms with Crippen LogP contribution in [0, 0.1) is 13.8 Å². The van der Waals surface area contributed by atoms with E-state index in [-0.39, 0.29) is 0 Å². The van der Waals surface area contributed by atoms with Gasteiger partial charge in [0.05, 0.1) is 6.20 Å². The third kappa shape index (κ3) is 2.71. The molecule has 0 aliphatic heterocycles. The molecule has 100 valence electrons. The third-order valence-corrected chi connectivity index (χ3v) is 4.20. The molecule has 2 aromatic rings. The molecule has 1 aliphatic rings. The Bertz CT molecular complexity index is 535. The van der Waals surface area contributed by atoms with Gasteiger partial charge in [0.15, 0.2) is 0 Å². The summed E-state index contributed by atoms with van der Waals surface area (Å²) in [5.41, 5.74) is 5.28. The van der Waals surface area contributed by atoms with E-state index >= 15 is 0 Å². The minimum absolute atomic E-state index is 0.653. The first-order valence-corrected chi connectivity index (χ1v) is 7.01. The van der Waals surface area contributed by atoms with Crippen LogP contribution in [0.25, 0.3) is 0 Å². The number of aryl methyl sites for hydroxylation is 2. The molecule has 3 nitrogen and oxygen atoms in total. The van der Waals surface area contributed by atoms with Gasteiger partial charge in [0.1, 0.15) is 0 Å². The van der Waals surface area contributed by atoms with Crippen LogP contribution in [0.3, 0.4) is 0 Å². The molecule has 1 aromatic carbocycles. The van der Waals surface area contributed by atoms with Crippen LogP contribution in [0.1, 0.15) is 41.1 Å². The van der Waals surface area contributed by atoms with Crippen LogP contribution >= 0.6 is 0 Å². The van der Waals surface area contributed by atoms with Gasteiger partial charge in [-0.05, 0) is 38.2 Å². The molecule has 3 rings (SSSR count). The minimum Gasteiger partial charge on any atom is -0.310 e. The largest absolute Gasteiger partial charge is 0.310 e. The molecule has 1 aromatic heterocycles. The smallest absolute Gasteiger partial charge is 0.0535 e. The van der Waals surface area contributed by atoms with Gasteiger partial charge < -0.3 is 5.32 Å². The highest BCUT2D eigenvalue weighted by Crippen LogP contribution is 2.37. The predicted octanol–water partition coefficient (Wildman–Crippen LogP) is 3.06. The number of rotatable bonds is 4. The Labute approximate surface area is 114 Å².